The maximum Gasteiger partial charge on any atom is 0.230 e. The van der Waals surface area contributed by atoms with Gasteiger partial charge in [-0.1, -0.05) is 53.5 Å². The second-order valence-corrected chi connectivity index (χ2v) is 6.79. The molecule has 0 saturated carbocycles. The molecule has 2 rings (SSSR count). The van der Waals surface area contributed by atoms with E-state index in [1.54, 1.807) is 12.1 Å². The summed E-state index contributed by atoms with van der Waals surface area (Å²) in [5.41, 5.74) is 7.84. The van der Waals surface area contributed by atoms with Gasteiger partial charge in [-0.15, -0.1) is 0 Å². The van der Waals surface area contributed by atoms with Gasteiger partial charge in [0.05, 0.1) is 10.0 Å². The Hall–Kier alpha value is -1.36. The first kappa shape index (κ1) is 16.0. The SMILES string of the molecule is NC(=O)C[S@](=O)Cc1ccc(-c2ccc(Cl)c(Cl)c2)cc1. The summed E-state index contributed by atoms with van der Waals surface area (Å²) in [5, 5.41) is 1.01. The molecule has 21 heavy (non-hydrogen) atoms. The Morgan fingerprint density at radius 3 is 2.19 bits per heavy atom. The van der Waals surface area contributed by atoms with E-state index in [-0.39, 0.29) is 5.75 Å². The van der Waals surface area contributed by atoms with Crippen molar-refractivity contribution in [1.82, 2.24) is 0 Å². The van der Waals surface area contributed by atoms with Crippen molar-refractivity contribution in [2.45, 2.75) is 5.75 Å². The highest BCUT2D eigenvalue weighted by molar-refractivity contribution is 7.84. The van der Waals surface area contributed by atoms with Crippen LogP contribution in [0.1, 0.15) is 5.56 Å². The van der Waals surface area contributed by atoms with Gasteiger partial charge in [-0.3, -0.25) is 9.00 Å². The fourth-order valence-corrected chi connectivity index (χ4v) is 3.15. The standard InChI is InChI=1S/C15H13Cl2NO2S/c16-13-6-5-12(7-14(13)17)11-3-1-10(2-4-11)8-21(20)9-15(18)19/h1-7H,8-9H2,(H2,18,19)/t21-/m1/s1. The van der Waals surface area contributed by atoms with E-state index in [1.165, 1.54) is 0 Å². The van der Waals surface area contributed by atoms with E-state index >= 15 is 0 Å². The summed E-state index contributed by atoms with van der Waals surface area (Å²) in [4.78, 5) is 10.7. The summed E-state index contributed by atoms with van der Waals surface area (Å²) < 4.78 is 11.6. The first-order valence-corrected chi connectivity index (χ1v) is 8.38. The second-order valence-electron chi connectivity index (χ2n) is 4.52. The number of carbonyl (C=O) groups is 1. The molecule has 1 atom stereocenters. The van der Waals surface area contributed by atoms with Crippen molar-refractivity contribution in [3.8, 4) is 11.1 Å². The predicted molar refractivity (Wildman–Crippen MR) is 87.8 cm³/mol. The lowest BCUT2D eigenvalue weighted by molar-refractivity contribution is -0.115. The molecule has 0 aliphatic carbocycles. The average Bonchev–Trinajstić information content (AvgIpc) is 2.42. The largest absolute Gasteiger partial charge is 0.369 e. The molecule has 0 bridgehead atoms. The van der Waals surface area contributed by atoms with Crippen molar-refractivity contribution in [2.75, 3.05) is 5.75 Å². The fourth-order valence-electron chi connectivity index (χ4n) is 1.86. The monoisotopic (exact) mass is 341 g/mol. The minimum absolute atomic E-state index is 0.117. The molecular formula is C15H13Cl2NO2S. The van der Waals surface area contributed by atoms with Crippen LogP contribution in [-0.2, 0) is 21.3 Å². The molecule has 0 aliphatic rings. The summed E-state index contributed by atoms with van der Waals surface area (Å²) in [5.74, 6) is -0.361. The molecule has 0 spiro atoms. The summed E-state index contributed by atoms with van der Waals surface area (Å²) in [6.07, 6.45) is 0. The van der Waals surface area contributed by atoms with Gasteiger partial charge >= 0.3 is 0 Å². The molecule has 0 aliphatic heterocycles. The summed E-state index contributed by atoms with van der Waals surface area (Å²) in [7, 11) is -1.27. The number of amides is 1. The van der Waals surface area contributed by atoms with E-state index in [2.05, 4.69) is 0 Å². The molecule has 0 heterocycles. The van der Waals surface area contributed by atoms with E-state index in [0.29, 0.717) is 15.8 Å². The summed E-state index contributed by atoms with van der Waals surface area (Å²) >= 11 is 11.9. The number of primary amides is 1. The molecule has 0 radical (unpaired) electrons. The lowest BCUT2D eigenvalue weighted by Gasteiger charge is -2.06. The fraction of sp³-hybridized carbons (Fsp3) is 0.133. The Bertz CT molecular complexity index is 687. The van der Waals surface area contributed by atoms with Gasteiger partial charge in [0.2, 0.25) is 5.91 Å². The average molecular weight is 342 g/mol. The number of hydrogen-bond acceptors (Lipinski definition) is 2. The number of nitrogens with two attached hydrogens (primary N) is 1. The zero-order valence-electron chi connectivity index (χ0n) is 11.0. The Morgan fingerprint density at radius 2 is 1.62 bits per heavy atom. The van der Waals surface area contributed by atoms with Crippen molar-refractivity contribution in [3.63, 3.8) is 0 Å². The molecule has 2 aromatic rings. The van der Waals surface area contributed by atoms with E-state index in [9.17, 15) is 9.00 Å². The van der Waals surface area contributed by atoms with Gasteiger partial charge in [-0.05, 0) is 28.8 Å². The first-order valence-electron chi connectivity index (χ1n) is 6.13. The highest BCUT2D eigenvalue weighted by Crippen LogP contribution is 2.28. The third-order valence-corrected chi connectivity index (χ3v) is 4.84. The molecule has 0 unspecified atom stereocenters. The van der Waals surface area contributed by atoms with Crippen LogP contribution in [0.4, 0.5) is 0 Å². The number of benzene rings is 2. The molecule has 3 nitrogen and oxygen atoms in total. The van der Waals surface area contributed by atoms with Crippen LogP contribution >= 0.6 is 23.2 Å². The molecule has 0 saturated heterocycles. The minimum atomic E-state index is -1.27. The van der Waals surface area contributed by atoms with Gasteiger partial charge in [0.1, 0.15) is 5.75 Å². The molecule has 0 fully saturated rings. The van der Waals surface area contributed by atoms with Crippen molar-refractivity contribution in [3.05, 3.63) is 58.1 Å². The van der Waals surface area contributed by atoms with E-state index in [1.807, 2.05) is 30.3 Å². The van der Waals surface area contributed by atoms with Gasteiger partial charge in [-0.25, -0.2) is 0 Å². The third-order valence-electron chi connectivity index (χ3n) is 2.84. The lowest BCUT2D eigenvalue weighted by Crippen LogP contribution is -2.20. The van der Waals surface area contributed by atoms with Gasteiger partial charge < -0.3 is 5.73 Å². The van der Waals surface area contributed by atoms with Gasteiger partial charge in [0.15, 0.2) is 0 Å². The summed E-state index contributed by atoms with van der Waals surface area (Å²) in [6.45, 7) is 0. The molecule has 2 N–H and O–H groups in total. The molecular weight excluding hydrogens is 329 g/mol. The number of carbonyl (C=O) groups excluding carboxylic acids is 1. The highest BCUT2D eigenvalue weighted by atomic mass is 35.5. The number of hydrogen-bond donors (Lipinski definition) is 1. The van der Waals surface area contributed by atoms with Crippen LogP contribution in [0.15, 0.2) is 42.5 Å². The Balaban J connectivity index is 2.13. The van der Waals surface area contributed by atoms with Gasteiger partial charge in [-0.2, -0.15) is 0 Å². The van der Waals surface area contributed by atoms with Crippen LogP contribution < -0.4 is 5.73 Å². The van der Waals surface area contributed by atoms with Crippen molar-refractivity contribution in [1.29, 1.82) is 0 Å². The lowest BCUT2D eigenvalue weighted by atomic mass is 10.0. The Kier molecular flexibility index (Phi) is 5.39. The third kappa shape index (κ3) is 4.56. The zero-order chi connectivity index (χ0) is 15.4. The Morgan fingerprint density at radius 1 is 1.00 bits per heavy atom. The molecule has 110 valence electrons. The van der Waals surface area contributed by atoms with Crippen LogP contribution in [0.2, 0.25) is 10.0 Å². The summed E-state index contributed by atoms with van der Waals surface area (Å²) in [6, 6.07) is 13.0. The van der Waals surface area contributed by atoms with Gasteiger partial charge in [0, 0.05) is 16.6 Å². The van der Waals surface area contributed by atoms with Crippen LogP contribution in [-0.4, -0.2) is 15.9 Å². The maximum atomic E-state index is 11.6. The quantitative estimate of drug-likeness (QED) is 0.905. The molecule has 6 heteroatoms. The zero-order valence-corrected chi connectivity index (χ0v) is 13.3. The number of rotatable bonds is 5. The highest BCUT2D eigenvalue weighted by Gasteiger charge is 2.06. The van der Waals surface area contributed by atoms with Crippen molar-refractivity contribution < 1.29 is 9.00 Å². The topological polar surface area (TPSA) is 60.2 Å². The maximum absolute atomic E-state index is 11.6. The van der Waals surface area contributed by atoms with E-state index in [4.69, 9.17) is 28.9 Å². The molecule has 2 aromatic carbocycles. The van der Waals surface area contributed by atoms with E-state index in [0.717, 1.165) is 16.7 Å². The van der Waals surface area contributed by atoms with Crippen LogP contribution in [0.5, 0.6) is 0 Å². The van der Waals surface area contributed by atoms with Crippen LogP contribution in [0.3, 0.4) is 0 Å². The normalized spacial score (nSPS) is 12.1. The first-order chi connectivity index (χ1) is 9.95. The van der Waals surface area contributed by atoms with E-state index < -0.39 is 16.7 Å². The van der Waals surface area contributed by atoms with Gasteiger partial charge in [0.25, 0.3) is 0 Å². The van der Waals surface area contributed by atoms with Crippen molar-refractivity contribution >= 4 is 39.9 Å². The van der Waals surface area contributed by atoms with Crippen LogP contribution in [0.25, 0.3) is 11.1 Å². The van der Waals surface area contributed by atoms with Crippen LogP contribution in [0, 0.1) is 0 Å². The smallest absolute Gasteiger partial charge is 0.230 e. The second kappa shape index (κ2) is 7.07. The minimum Gasteiger partial charge on any atom is -0.369 e. The number of halogens is 2. The molecule has 0 aromatic heterocycles. The Labute approximate surface area is 135 Å². The predicted octanol–water partition coefficient (Wildman–Crippen LogP) is 3.39. The molecule has 1 amide bonds. The van der Waals surface area contributed by atoms with Crippen molar-refractivity contribution in [2.24, 2.45) is 5.73 Å².